The highest BCUT2D eigenvalue weighted by Gasteiger charge is 2.05. The molecule has 0 aliphatic carbocycles. The Kier molecular flexibility index (Phi) is 11.3. The molecule has 0 atom stereocenters. The molecule has 0 aliphatic heterocycles. The van der Waals surface area contributed by atoms with Crippen LogP contribution in [0.15, 0.2) is 183 Å². The van der Waals surface area contributed by atoms with Crippen LogP contribution in [0, 0.1) is 0 Å². The Morgan fingerprint density at radius 1 is 0.225 bits per heavy atom. The monoisotopic (exact) mass is 518 g/mol. The maximum absolute atomic E-state index is 3.78. The summed E-state index contributed by atoms with van der Waals surface area (Å²) < 4.78 is 0. The van der Waals surface area contributed by atoms with Crippen LogP contribution in [-0.2, 0) is 0 Å². The minimum atomic E-state index is 1.34. The van der Waals surface area contributed by atoms with E-state index in [1.54, 1.807) is 49.6 Å². The summed E-state index contributed by atoms with van der Waals surface area (Å²) >= 11 is 0. The Balaban J connectivity index is 0.000000129. The molecular formula is C36H30N4. The minimum absolute atomic E-state index is 1.34. The van der Waals surface area contributed by atoms with Crippen molar-refractivity contribution in [3.05, 3.63) is 183 Å². The minimum Gasteiger partial charge on any atom is -0.265 e. The SMILES string of the molecule is c1cc2ccc3cccc4ccc(c1)c2c34.c1ccncc1.c1ccncc1.c1ccncc1.c1ccncc1. The van der Waals surface area contributed by atoms with Crippen molar-refractivity contribution in [2.24, 2.45) is 0 Å². The van der Waals surface area contributed by atoms with Gasteiger partial charge < -0.3 is 0 Å². The third-order valence-corrected chi connectivity index (χ3v) is 5.66. The van der Waals surface area contributed by atoms with Crippen molar-refractivity contribution < 1.29 is 0 Å². The first kappa shape index (κ1) is 27.6. The van der Waals surface area contributed by atoms with Gasteiger partial charge in [-0.2, -0.15) is 0 Å². The molecule has 0 saturated heterocycles. The fourth-order valence-corrected chi connectivity index (χ4v) is 3.92. The molecule has 4 aromatic carbocycles. The molecule has 0 saturated carbocycles. The van der Waals surface area contributed by atoms with Gasteiger partial charge in [0.05, 0.1) is 0 Å². The average molecular weight is 519 g/mol. The lowest BCUT2D eigenvalue weighted by molar-refractivity contribution is 1.33. The molecule has 8 rings (SSSR count). The van der Waals surface area contributed by atoms with E-state index in [9.17, 15) is 0 Å². The number of aromatic nitrogens is 4. The Hall–Kier alpha value is -5.48. The lowest BCUT2D eigenvalue weighted by atomic mass is 9.95. The third-order valence-electron chi connectivity index (χ3n) is 5.66. The van der Waals surface area contributed by atoms with Gasteiger partial charge in [-0.05, 0) is 80.8 Å². The number of hydrogen-bond acceptors (Lipinski definition) is 4. The summed E-state index contributed by atoms with van der Waals surface area (Å²) in [6, 6.07) is 44.7. The van der Waals surface area contributed by atoms with Crippen molar-refractivity contribution in [1.29, 1.82) is 0 Å². The van der Waals surface area contributed by atoms with Crippen LogP contribution in [0.2, 0.25) is 0 Å². The van der Waals surface area contributed by atoms with Gasteiger partial charge in [-0.1, -0.05) is 84.9 Å². The van der Waals surface area contributed by atoms with E-state index in [0.29, 0.717) is 0 Å². The van der Waals surface area contributed by atoms with Gasteiger partial charge in [0, 0.05) is 49.6 Å². The van der Waals surface area contributed by atoms with Crippen LogP contribution in [0.4, 0.5) is 0 Å². The summed E-state index contributed by atoms with van der Waals surface area (Å²) in [5.74, 6) is 0. The predicted molar refractivity (Wildman–Crippen MR) is 167 cm³/mol. The van der Waals surface area contributed by atoms with Gasteiger partial charge in [-0.25, -0.2) is 0 Å². The lowest BCUT2D eigenvalue weighted by Gasteiger charge is -2.09. The average Bonchev–Trinajstić information content (AvgIpc) is 3.08. The first-order valence-corrected chi connectivity index (χ1v) is 13.0. The Morgan fingerprint density at radius 3 is 0.600 bits per heavy atom. The number of rotatable bonds is 0. The summed E-state index contributed by atoms with van der Waals surface area (Å²) in [5.41, 5.74) is 0. The van der Waals surface area contributed by atoms with Crippen molar-refractivity contribution in [2.75, 3.05) is 0 Å². The fourth-order valence-electron chi connectivity index (χ4n) is 3.92. The summed E-state index contributed by atoms with van der Waals surface area (Å²) in [4.78, 5) is 15.1. The third kappa shape index (κ3) is 8.82. The van der Waals surface area contributed by atoms with E-state index < -0.39 is 0 Å². The second kappa shape index (κ2) is 16.4. The standard InChI is InChI=1S/C16H10.4C5H5N/c1-3-11-7-9-13-5-2-6-14-10-8-12(4-1)15(11)16(13)14;4*1-2-4-6-5-3-1/h1-10H;4*1-5H. The van der Waals surface area contributed by atoms with E-state index in [-0.39, 0.29) is 0 Å². The van der Waals surface area contributed by atoms with Gasteiger partial charge in [-0.15, -0.1) is 0 Å². The van der Waals surface area contributed by atoms with Gasteiger partial charge in [0.15, 0.2) is 0 Å². The fraction of sp³-hybridized carbons (Fsp3) is 0. The molecule has 4 nitrogen and oxygen atoms in total. The maximum Gasteiger partial charge on any atom is 0.0267 e. The molecule has 0 bridgehead atoms. The van der Waals surface area contributed by atoms with Crippen molar-refractivity contribution in [3.8, 4) is 0 Å². The normalized spacial score (nSPS) is 9.50. The molecule has 40 heavy (non-hydrogen) atoms. The van der Waals surface area contributed by atoms with Gasteiger partial charge in [-0.3, -0.25) is 19.9 Å². The molecular weight excluding hydrogens is 488 g/mol. The van der Waals surface area contributed by atoms with Crippen molar-refractivity contribution >= 4 is 32.3 Å². The number of hydrogen-bond donors (Lipinski definition) is 0. The van der Waals surface area contributed by atoms with Crippen LogP contribution < -0.4 is 0 Å². The van der Waals surface area contributed by atoms with E-state index in [0.717, 1.165) is 0 Å². The van der Waals surface area contributed by atoms with E-state index in [1.165, 1.54) is 32.3 Å². The van der Waals surface area contributed by atoms with Crippen molar-refractivity contribution in [2.45, 2.75) is 0 Å². The molecule has 0 radical (unpaired) electrons. The zero-order valence-corrected chi connectivity index (χ0v) is 22.1. The van der Waals surface area contributed by atoms with Crippen LogP contribution in [-0.4, -0.2) is 19.9 Å². The topological polar surface area (TPSA) is 51.6 Å². The highest BCUT2D eigenvalue weighted by atomic mass is 14.6. The largest absolute Gasteiger partial charge is 0.265 e. The van der Waals surface area contributed by atoms with E-state index >= 15 is 0 Å². The highest BCUT2D eigenvalue weighted by Crippen LogP contribution is 2.33. The predicted octanol–water partition coefficient (Wildman–Crippen LogP) is 8.91. The molecule has 4 heterocycles. The van der Waals surface area contributed by atoms with Crippen LogP contribution in [0.25, 0.3) is 32.3 Å². The van der Waals surface area contributed by atoms with Crippen LogP contribution in [0.5, 0.6) is 0 Å². The molecule has 4 heteroatoms. The summed E-state index contributed by atoms with van der Waals surface area (Å²) in [6.07, 6.45) is 14.0. The molecule has 0 aliphatic rings. The molecule has 0 spiro atoms. The number of nitrogens with zero attached hydrogens (tertiary/aromatic N) is 4. The van der Waals surface area contributed by atoms with Gasteiger partial charge in [0.1, 0.15) is 0 Å². The lowest BCUT2D eigenvalue weighted by Crippen LogP contribution is -1.82. The zero-order chi connectivity index (χ0) is 27.5. The second-order valence-electron chi connectivity index (χ2n) is 8.39. The summed E-state index contributed by atoms with van der Waals surface area (Å²) in [5, 5.41) is 8.14. The molecule has 0 amide bonds. The Morgan fingerprint density at radius 2 is 0.450 bits per heavy atom. The molecule has 0 fully saturated rings. The Labute approximate surface area is 235 Å². The van der Waals surface area contributed by atoms with E-state index in [4.69, 9.17) is 0 Å². The van der Waals surface area contributed by atoms with E-state index in [2.05, 4.69) is 80.6 Å². The smallest absolute Gasteiger partial charge is 0.0267 e. The van der Waals surface area contributed by atoms with Crippen LogP contribution in [0.1, 0.15) is 0 Å². The van der Waals surface area contributed by atoms with Crippen LogP contribution in [0.3, 0.4) is 0 Å². The van der Waals surface area contributed by atoms with Gasteiger partial charge in [0.2, 0.25) is 0 Å². The quantitative estimate of drug-likeness (QED) is 0.188. The second-order valence-corrected chi connectivity index (χ2v) is 8.39. The molecule has 0 N–H and O–H groups in total. The molecule has 194 valence electrons. The maximum atomic E-state index is 3.78. The van der Waals surface area contributed by atoms with E-state index in [1.807, 2.05) is 72.8 Å². The number of pyridine rings is 4. The molecule has 4 aromatic heterocycles. The van der Waals surface area contributed by atoms with Gasteiger partial charge in [0.25, 0.3) is 0 Å². The first-order valence-electron chi connectivity index (χ1n) is 13.0. The first-order chi connectivity index (χ1) is 19.9. The molecule has 8 aromatic rings. The summed E-state index contributed by atoms with van der Waals surface area (Å²) in [6.45, 7) is 0. The Bertz CT molecular complexity index is 1360. The highest BCUT2D eigenvalue weighted by molar-refractivity contribution is 6.22. The number of benzene rings is 4. The summed E-state index contributed by atoms with van der Waals surface area (Å²) in [7, 11) is 0. The van der Waals surface area contributed by atoms with Crippen molar-refractivity contribution in [1.82, 2.24) is 19.9 Å². The molecule has 0 unspecified atom stereocenters. The van der Waals surface area contributed by atoms with Crippen LogP contribution >= 0.6 is 0 Å². The van der Waals surface area contributed by atoms with Gasteiger partial charge >= 0.3 is 0 Å². The zero-order valence-electron chi connectivity index (χ0n) is 22.1. The van der Waals surface area contributed by atoms with Crippen molar-refractivity contribution in [3.63, 3.8) is 0 Å².